The maximum atomic E-state index is 12.5. The van der Waals surface area contributed by atoms with Gasteiger partial charge >= 0.3 is 0 Å². The van der Waals surface area contributed by atoms with Crippen molar-refractivity contribution in [1.29, 1.82) is 0 Å². The zero-order valence-electron chi connectivity index (χ0n) is 12.1. The maximum Gasteiger partial charge on any atom is 0.179 e. The van der Waals surface area contributed by atoms with Crippen molar-refractivity contribution in [3.63, 3.8) is 0 Å². The van der Waals surface area contributed by atoms with E-state index in [9.17, 15) is 4.79 Å². The summed E-state index contributed by atoms with van der Waals surface area (Å²) in [5.41, 5.74) is 2.04. The highest BCUT2D eigenvalue weighted by atomic mass is 32.2. The van der Waals surface area contributed by atoms with Gasteiger partial charge in [0.15, 0.2) is 5.78 Å². The van der Waals surface area contributed by atoms with Crippen LogP contribution in [0.4, 0.5) is 0 Å². The Kier molecular flexibility index (Phi) is 5.06. The van der Waals surface area contributed by atoms with Gasteiger partial charge in [-0.3, -0.25) is 9.69 Å². The molecule has 0 saturated carbocycles. The highest BCUT2D eigenvalue weighted by Gasteiger charge is 2.27. The Morgan fingerprint density at radius 3 is 2.74 bits per heavy atom. The fraction of sp³-hybridized carbons (Fsp3) is 0.562. The second kappa shape index (κ2) is 6.58. The number of hydrogen-bond donors (Lipinski definition) is 0. The molecule has 1 heterocycles. The standard InChI is InChI=1S/C16H23NOS/c1-4-15-11-17(9-10-19-15)13(3)16(18)14-7-5-12(2)6-8-14/h5-8,13,15H,4,9-11H2,1-3H3. The Labute approximate surface area is 120 Å². The van der Waals surface area contributed by atoms with Gasteiger partial charge in [-0.25, -0.2) is 0 Å². The zero-order valence-corrected chi connectivity index (χ0v) is 12.9. The third kappa shape index (κ3) is 3.61. The van der Waals surface area contributed by atoms with Crippen molar-refractivity contribution < 1.29 is 4.79 Å². The molecule has 0 spiro atoms. The summed E-state index contributed by atoms with van der Waals surface area (Å²) in [7, 11) is 0. The van der Waals surface area contributed by atoms with Crippen LogP contribution in [-0.2, 0) is 0 Å². The second-order valence-corrected chi connectivity index (χ2v) is 6.71. The molecule has 0 aliphatic carbocycles. The van der Waals surface area contributed by atoms with Crippen LogP contribution in [0.5, 0.6) is 0 Å². The first-order chi connectivity index (χ1) is 9.11. The Balaban J connectivity index is 2.04. The maximum absolute atomic E-state index is 12.5. The number of hydrogen-bond acceptors (Lipinski definition) is 3. The lowest BCUT2D eigenvalue weighted by atomic mass is 10.0. The molecule has 104 valence electrons. The predicted octanol–water partition coefficient (Wildman–Crippen LogP) is 3.39. The largest absolute Gasteiger partial charge is 0.292 e. The van der Waals surface area contributed by atoms with Crippen LogP contribution in [0.1, 0.15) is 36.2 Å². The van der Waals surface area contributed by atoms with Gasteiger partial charge in [0.25, 0.3) is 0 Å². The number of carbonyl (C=O) groups is 1. The monoisotopic (exact) mass is 277 g/mol. The van der Waals surface area contributed by atoms with Gasteiger partial charge in [-0.15, -0.1) is 0 Å². The van der Waals surface area contributed by atoms with Gasteiger partial charge < -0.3 is 0 Å². The van der Waals surface area contributed by atoms with Gasteiger partial charge in [-0.1, -0.05) is 36.8 Å². The summed E-state index contributed by atoms with van der Waals surface area (Å²) in [6, 6.07) is 7.92. The third-order valence-corrected chi connectivity index (χ3v) is 5.26. The number of benzene rings is 1. The molecule has 1 saturated heterocycles. The molecule has 1 fully saturated rings. The minimum Gasteiger partial charge on any atom is -0.292 e. The minimum absolute atomic E-state index is 0.00217. The van der Waals surface area contributed by atoms with E-state index in [-0.39, 0.29) is 11.8 Å². The lowest BCUT2D eigenvalue weighted by molar-refractivity contribution is 0.0842. The number of aryl methyl sites for hydroxylation is 1. The van der Waals surface area contributed by atoms with Crippen LogP contribution in [0.25, 0.3) is 0 Å². The fourth-order valence-corrected chi connectivity index (χ4v) is 3.67. The van der Waals surface area contributed by atoms with Crippen molar-refractivity contribution in [3.05, 3.63) is 35.4 Å². The van der Waals surface area contributed by atoms with Crippen molar-refractivity contribution in [2.45, 2.75) is 38.5 Å². The number of rotatable bonds is 4. The molecule has 2 unspecified atom stereocenters. The molecule has 1 aliphatic heterocycles. The molecule has 0 bridgehead atoms. The fourth-order valence-electron chi connectivity index (χ4n) is 2.47. The summed E-state index contributed by atoms with van der Waals surface area (Å²) in [6.07, 6.45) is 1.19. The number of nitrogens with zero attached hydrogens (tertiary/aromatic N) is 1. The molecule has 19 heavy (non-hydrogen) atoms. The zero-order chi connectivity index (χ0) is 13.8. The summed E-state index contributed by atoms with van der Waals surface area (Å²) in [4.78, 5) is 14.8. The van der Waals surface area contributed by atoms with Crippen molar-refractivity contribution in [2.24, 2.45) is 0 Å². The van der Waals surface area contributed by atoms with E-state index in [2.05, 4.69) is 11.8 Å². The van der Waals surface area contributed by atoms with Crippen molar-refractivity contribution in [3.8, 4) is 0 Å². The van der Waals surface area contributed by atoms with Gasteiger partial charge in [0, 0.05) is 29.7 Å². The van der Waals surface area contributed by atoms with E-state index in [0.29, 0.717) is 5.25 Å². The number of ketones is 1. The second-order valence-electron chi connectivity index (χ2n) is 5.30. The van der Waals surface area contributed by atoms with Gasteiger partial charge in [0.2, 0.25) is 0 Å². The van der Waals surface area contributed by atoms with Crippen LogP contribution in [-0.4, -0.2) is 40.8 Å². The number of carbonyl (C=O) groups excluding carboxylic acids is 1. The third-order valence-electron chi connectivity index (χ3n) is 3.89. The normalized spacial score (nSPS) is 22.2. The van der Waals surface area contributed by atoms with E-state index in [1.165, 1.54) is 12.0 Å². The minimum atomic E-state index is -0.00217. The molecular weight excluding hydrogens is 254 g/mol. The van der Waals surface area contributed by atoms with E-state index in [4.69, 9.17) is 0 Å². The van der Waals surface area contributed by atoms with E-state index in [1.54, 1.807) is 0 Å². The molecule has 0 aromatic heterocycles. The molecule has 2 atom stereocenters. The van der Waals surface area contributed by atoms with Crippen LogP contribution in [0.3, 0.4) is 0 Å². The van der Waals surface area contributed by atoms with Crippen molar-refractivity contribution >= 4 is 17.5 Å². The summed E-state index contributed by atoms with van der Waals surface area (Å²) in [5, 5.41) is 0.682. The Morgan fingerprint density at radius 2 is 2.11 bits per heavy atom. The highest BCUT2D eigenvalue weighted by Crippen LogP contribution is 2.23. The van der Waals surface area contributed by atoms with Crippen LogP contribution in [0.2, 0.25) is 0 Å². The Hall–Kier alpha value is -0.800. The molecule has 2 nitrogen and oxygen atoms in total. The summed E-state index contributed by atoms with van der Waals surface area (Å²) in [5.74, 6) is 1.39. The number of thioether (sulfide) groups is 1. The SMILES string of the molecule is CCC1CN(C(C)C(=O)c2ccc(C)cc2)CCS1. The van der Waals surface area contributed by atoms with Crippen LogP contribution in [0.15, 0.2) is 24.3 Å². The highest BCUT2D eigenvalue weighted by molar-refractivity contribution is 8.00. The van der Waals surface area contributed by atoms with E-state index < -0.39 is 0 Å². The number of Topliss-reactive ketones (excluding diaryl/α,β-unsaturated/α-hetero) is 1. The van der Waals surface area contributed by atoms with E-state index >= 15 is 0 Å². The molecule has 1 aromatic rings. The molecular formula is C16H23NOS. The summed E-state index contributed by atoms with van der Waals surface area (Å²) < 4.78 is 0. The van der Waals surface area contributed by atoms with Gasteiger partial charge in [0.05, 0.1) is 6.04 Å². The van der Waals surface area contributed by atoms with Crippen LogP contribution in [0, 0.1) is 6.92 Å². The first-order valence-electron chi connectivity index (χ1n) is 7.08. The van der Waals surface area contributed by atoms with Crippen molar-refractivity contribution in [2.75, 3.05) is 18.8 Å². The molecule has 3 heteroatoms. The Bertz CT molecular complexity index is 429. The first kappa shape index (κ1) is 14.6. The summed E-state index contributed by atoms with van der Waals surface area (Å²) in [6.45, 7) is 8.39. The topological polar surface area (TPSA) is 20.3 Å². The predicted molar refractivity (Wildman–Crippen MR) is 83.1 cm³/mol. The molecule has 2 rings (SSSR count). The Morgan fingerprint density at radius 1 is 1.42 bits per heavy atom. The molecule has 0 amide bonds. The quantitative estimate of drug-likeness (QED) is 0.787. The summed E-state index contributed by atoms with van der Waals surface area (Å²) >= 11 is 2.04. The molecule has 0 N–H and O–H groups in total. The van der Waals surface area contributed by atoms with Crippen LogP contribution < -0.4 is 0 Å². The first-order valence-corrected chi connectivity index (χ1v) is 8.13. The van der Waals surface area contributed by atoms with Crippen molar-refractivity contribution in [1.82, 2.24) is 4.90 Å². The lowest BCUT2D eigenvalue weighted by Gasteiger charge is -2.35. The van der Waals surface area contributed by atoms with Gasteiger partial charge in [-0.05, 0) is 20.3 Å². The molecule has 0 radical (unpaired) electrons. The molecule has 1 aromatic carbocycles. The van der Waals surface area contributed by atoms with E-state index in [1.807, 2.05) is 49.9 Å². The lowest BCUT2D eigenvalue weighted by Crippen LogP contribution is -2.46. The van der Waals surface area contributed by atoms with Crippen LogP contribution >= 0.6 is 11.8 Å². The average molecular weight is 277 g/mol. The van der Waals surface area contributed by atoms with E-state index in [0.717, 1.165) is 24.4 Å². The van der Waals surface area contributed by atoms with Gasteiger partial charge in [0.1, 0.15) is 0 Å². The average Bonchev–Trinajstić information content (AvgIpc) is 2.46. The smallest absolute Gasteiger partial charge is 0.179 e. The van der Waals surface area contributed by atoms with Gasteiger partial charge in [-0.2, -0.15) is 11.8 Å². The molecule has 1 aliphatic rings.